The molecule has 3 nitrogen and oxygen atoms in total. The number of esters is 1. The highest BCUT2D eigenvalue weighted by Gasteiger charge is 2.21. The van der Waals surface area contributed by atoms with Crippen LogP contribution in [0.2, 0.25) is 0 Å². The first kappa shape index (κ1) is 9.43. The quantitative estimate of drug-likeness (QED) is 0.478. The van der Waals surface area contributed by atoms with Crippen molar-refractivity contribution >= 4 is 5.97 Å². The molecular formula is C7H14O3. The lowest BCUT2D eigenvalue weighted by atomic mass is 10.2. The van der Waals surface area contributed by atoms with Crippen LogP contribution in [0.3, 0.4) is 0 Å². The van der Waals surface area contributed by atoms with Crippen molar-refractivity contribution in [1.82, 2.24) is 0 Å². The van der Waals surface area contributed by atoms with Gasteiger partial charge in [-0.1, -0.05) is 6.92 Å². The maximum Gasteiger partial charge on any atom is 0.305 e. The van der Waals surface area contributed by atoms with Crippen molar-refractivity contribution in [3.8, 4) is 0 Å². The highest BCUT2D eigenvalue weighted by molar-refractivity contribution is 5.66. The number of carbonyl (C=O) groups excluding carboxylic acids is 1. The first-order valence-electron chi connectivity index (χ1n) is 3.40. The van der Waals surface area contributed by atoms with Crippen molar-refractivity contribution in [2.24, 2.45) is 0 Å². The third kappa shape index (κ3) is 4.32. The van der Waals surface area contributed by atoms with E-state index in [-0.39, 0.29) is 0 Å². The Morgan fingerprint density at radius 3 is 2.50 bits per heavy atom. The Kier molecular flexibility index (Phi) is 3.36. The molecular weight excluding hydrogens is 132 g/mol. The van der Waals surface area contributed by atoms with E-state index in [4.69, 9.17) is 0 Å². The molecule has 0 aromatic carbocycles. The average Bonchev–Trinajstić information content (AvgIpc) is 1.59. The van der Waals surface area contributed by atoms with Gasteiger partial charge in [-0.05, 0) is 6.42 Å². The molecule has 0 rings (SSSR count). The van der Waals surface area contributed by atoms with Crippen LogP contribution in [0.1, 0.15) is 33.6 Å². The zero-order valence-electron chi connectivity index (χ0n) is 6.68. The summed E-state index contributed by atoms with van der Waals surface area (Å²) in [5.74, 6) is -1.72. The van der Waals surface area contributed by atoms with E-state index in [0.29, 0.717) is 6.42 Å². The van der Waals surface area contributed by atoms with E-state index in [9.17, 15) is 9.90 Å². The lowest BCUT2D eigenvalue weighted by Crippen LogP contribution is -2.29. The third-order valence-electron chi connectivity index (χ3n) is 1.08. The van der Waals surface area contributed by atoms with Gasteiger partial charge in [-0.15, -0.1) is 0 Å². The van der Waals surface area contributed by atoms with Crippen molar-refractivity contribution in [2.75, 3.05) is 0 Å². The number of ether oxygens (including phenoxy) is 1. The molecule has 0 spiro atoms. The van der Waals surface area contributed by atoms with E-state index >= 15 is 0 Å². The molecule has 0 aliphatic heterocycles. The summed E-state index contributed by atoms with van der Waals surface area (Å²) in [6.07, 6.45) is 1.27. The molecule has 0 amide bonds. The summed E-state index contributed by atoms with van der Waals surface area (Å²) in [4.78, 5) is 10.4. The van der Waals surface area contributed by atoms with E-state index in [1.165, 1.54) is 13.8 Å². The Morgan fingerprint density at radius 1 is 1.70 bits per heavy atom. The lowest BCUT2D eigenvalue weighted by molar-refractivity contribution is -0.201. The lowest BCUT2D eigenvalue weighted by Gasteiger charge is -2.21. The van der Waals surface area contributed by atoms with Crippen LogP contribution in [0.5, 0.6) is 0 Å². The molecule has 1 atom stereocenters. The third-order valence-corrected chi connectivity index (χ3v) is 1.08. The van der Waals surface area contributed by atoms with Gasteiger partial charge < -0.3 is 9.84 Å². The Hall–Kier alpha value is -0.570. The second-order valence-corrected chi connectivity index (χ2v) is 2.52. The Labute approximate surface area is 61.0 Å². The topological polar surface area (TPSA) is 46.5 Å². The summed E-state index contributed by atoms with van der Waals surface area (Å²) in [7, 11) is 0. The average molecular weight is 146 g/mol. The predicted molar refractivity (Wildman–Crippen MR) is 37.3 cm³/mol. The first-order valence-corrected chi connectivity index (χ1v) is 3.40. The summed E-state index contributed by atoms with van der Waals surface area (Å²) in [6.45, 7) is 4.68. The van der Waals surface area contributed by atoms with E-state index in [0.717, 1.165) is 6.42 Å². The molecule has 60 valence electrons. The van der Waals surface area contributed by atoms with Gasteiger partial charge in [-0.25, -0.2) is 0 Å². The SMILES string of the molecule is CCCC(C)(O)OC(C)=O. The van der Waals surface area contributed by atoms with Gasteiger partial charge in [0.2, 0.25) is 5.79 Å². The van der Waals surface area contributed by atoms with Crippen molar-refractivity contribution in [2.45, 2.75) is 39.4 Å². The molecule has 0 radical (unpaired) electrons. The maximum atomic E-state index is 10.4. The van der Waals surface area contributed by atoms with Crippen LogP contribution >= 0.6 is 0 Å². The van der Waals surface area contributed by atoms with Crippen molar-refractivity contribution in [3.05, 3.63) is 0 Å². The minimum absolute atomic E-state index is 0.446. The largest absolute Gasteiger partial charge is 0.434 e. The van der Waals surface area contributed by atoms with Gasteiger partial charge >= 0.3 is 5.97 Å². The first-order chi connectivity index (χ1) is 4.48. The van der Waals surface area contributed by atoms with Crippen molar-refractivity contribution < 1.29 is 14.6 Å². The molecule has 0 aliphatic rings. The van der Waals surface area contributed by atoms with Crippen LogP contribution in [0.4, 0.5) is 0 Å². The number of aliphatic hydroxyl groups is 1. The molecule has 3 heteroatoms. The molecule has 1 unspecified atom stereocenters. The van der Waals surface area contributed by atoms with Gasteiger partial charge in [0.05, 0.1) is 0 Å². The molecule has 0 aromatic rings. The number of hydrogen-bond donors (Lipinski definition) is 1. The smallest absolute Gasteiger partial charge is 0.305 e. The van der Waals surface area contributed by atoms with Gasteiger partial charge in [-0.3, -0.25) is 4.79 Å². The van der Waals surface area contributed by atoms with E-state index in [2.05, 4.69) is 4.74 Å². The monoisotopic (exact) mass is 146 g/mol. The molecule has 0 heterocycles. The minimum atomic E-state index is -1.28. The highest BCUT2D eigenvalue weighted by Crippen LogP contribution is 2.12. The zero-order chi connectivity index (χ0) is 8.20. The molecule has 10 heavy (non-hydrogen) atoms. The van der Waals surface area contributed by atoms with Gasteiger partial charge in [0.15, 0.2) is 0 Å². The van der Waals surface area contributed by atoms with Crippen molar-refractivity contribution in [1.29, 1.82) is 0 Å². The van der Waals surface area contributed by atoms with Gasteiger partial charge in [0, 0.05) is 20.3 Å². The fourth-order valence-corrected chi connectivity index (χ4v) is 0.825. The summed E-state index contributed by atoms with van der Waals surface area (Å²) < 4.78 is 4.59. The summed E-state index contributed by atoms with van der Waals surface area (Å²) >= 11 is 0. The fourth-order valence-electron chi connectivity index (χ4n) is 0.825. The molecule has 0 saturated heterocycles. The standard InChI is InChI=1S/C7H14O3/c1-4-5-7(3,9)10-6(2)8/h9H,4-5H2,1-3H3. The maximum absolute atomic E-state index is 10.4. The molecule has 0 aliphatic carbocycles. The molecule has 0 fully saturated rings. The van der Waals surface area contributed by atoms with Gasteiger partial charge in [-0.2, -0.15) is 0 Å². The second-order valence-electron chi connectivity index (χ2n) is 2.52. The van der Waals surface area contributed by atoms with E-state index in [1.807, 2.05) is 6.92 Å². The van der Waals surface area contributed by atoms with Crippen LogP contribution in [0.25, 0.3) is 0 Å². The van der Waals surface area contributed by atoms with Crippen LogP contribution < -0.4 is 0 Å². The molecule has 0 aromatic heterocycles. The normalized spacial score (nSPS) is 16.0. The predicted octanol–water partition coefficient (Wildman–Crippen LogP) is 1.06. The Balaban J connectivity index is 3.74. The van der Waals surface area contributed by atoms with Crippen LogP contribution in [0.15, 0.2) is 0 Å². The summed E-state index contributed by atoms with van der Waals surface area (Å²) in [5.41, 5.74) is 0. The van der Waals surface area contributed by atoms with Gasteiger partial charge in [0.25, 0.3) is 0 Å². The minimum Gasteiger partial charge on any atom is -0.434 e. The zero-order valence-corrected chi connectivity index (χ0v) is 6.68. The van der Waals surface area contributed by atoms with E-state index in [1.54, 1.807) is 0 Å². The van der Waals surface area contributed by atoms with Crippen LogP contribution in [0, 0.1) is 0 Å². The number of rotatable bonds is 3. The second kappa shape index (κ2) is 3.56. The van der Waals surface area contributed by atoms with Crippen LogP contribution in [-0.2, 0) is 9.53 Å². The fraction of sp³-hybridized carbons (Fsp3) is 0.857. The summed E-state index contributed by atoms with van der Waals surface area (Å²) in [6, 6.07) is 0. The van der Waals surface area contributed by atoms with Crippen LogP contribution in [-0.4, -0.2) is 16.9 Å². The van der Waals surface area contributed by atoms with Crippen molar-refractivity contribution in [3.63, 3.8) is 0 Å². The molecule has 0 bridgehead atoms. The molecule has 0 saturated carbocycles. The molecule has 1 N–H and O–H groups in total. The summed E-state index contributed by atoms with van der Waals surface area (Å²) in [5, 5.41) is 9.24. The number of hydrogen-bond acceptors (Lipinski definition) is 3. The Morgan fingerprint density at radius 2 is 2.20 bits per heavy atom. The van der Waals surface area contributed by atoms with Gasteiger partial charge in [0.1, 0.15) is 0 Å². The highest BCUT2D eigenvalue weighted by atomic mass is 16.7. The van der Waals surface area contributed by atoms with E-state index < -0.39 is 11.8 Å². The Bertz CT molecular complexity index is 118. The number of carbonyl (C=O) groups is 1.